The van der Waals surface area contributed by atoms with Crippen LogP contribution in [-0.2, 0) is 11.3 Å². The van der Waals surface area contributed by atoms with Gasteiger partial charge >= 0.3 is 0 Å². The van der Waals surface area contributed by atoms with Crippen molar-refractivity contribution in [1.82, 2.24) is 25.0 Å². The highest BCUT2D eigenvalue weighted by Gasteiger charge is 2.38. The van der Waals surface area contributed by atoms with Crippen LogP contribution in [0.1, 0.15) is 33.6 Å². The van der Waals surface area contributed by atoms with E-state index in [-0.39, 0.29) is 23.7 Å². The van der Waals surface area contributed by atoms with Crippen molar-refractivity contribution in [1.29, 1.82) is 0 Å². The lowest BCUT2D eigenvalue weighted by atomic mass is 9.95. The molecule has 3 aromatic rings. The zero-order valence-electron chi connectivity index (χ0n) is 16.7. The number of carbonyl (C=O) groups is 1. The van der Waals surface area contributed by atoms with E-state index in [2.05, 4.69) is 15.4 Å². The molecule has 8 heteroatoms. The molecule has 0 radical (unpaired) electrons. The summed E-state index contributed by atoms with van der Waals surface area (Å²) in [6, 6.07) is 6.17. The number of halogens is 1. The first-order valence-corrected chi connectivity index (χ1v) is 10.4. The summed E-state index contributed by atoms with van der Waals surface area (Å²) in [5.74, 6) is 0.0219. The van der Waals surface area contributed by atoms with E-state index in [0.29, 0.717) is 6.42 Å². The molecule has 1 N–H and O–H groups in total. The van der Waals surface area contributed by atoms with Crippen molar-refractivity contribution in [2.75, 3.05) is 13.6 Å². The molecule has 1 aliphatic rings. The van der Waals surface area contributed by atoms with Gasteiger partial charge < -0.3 is 10.2 Å². The average molecular weight is 414 g/mol. The molecule has 0 saturated carbocycles. The van der Waals surface area contributed by atoms with Crippen LogP contribution in [0, 0.1) is 25.6 Å². The van der Waals surface area contributed by atoms with Gasteiger partial charge in [0.1, 0.15) is 5.82 Å². The van der Waals surface area contributed by atoms with Crippen LogP contribution < -0.4 is 5.32 Å². The average Bonchev–Trinajstić information content (AvgIpc) is 3.35. The van der Waals surface area contributed by atoms with Gasteiger partial charge in [-0.2, -0.15) is 5.10 Å². The van der Waals surface area contributed by atoms with Crippen molar-refractivity contribution < 1.29 is 9.18 Å². The van der Waals surface area contributed by atoms with Gasteiger partial charge in [-0.3, -0.25) is 4.79 Å². The van der Waals surface area contributed by atoms with Gasteiger partial charge in [-0.1, -0.05) is 0 Å². The topological polar surface area (TPSA) is 63.1 Å². The molecule has 1 aromatic carbocycles. The number of hydrogen-bond acceptors (Lipinski definition) is 5. The van der Waals surface area contributed by atoms with E-state index in [9.17, 15) is 9.18 Å². The molecular weight excluding hydrogens is 389 g/mol. The molecule has 0 spiro atoms. The standard InChI is InChI=1S/C21H24FN5OS/c1-13-19(29-14(2)25-13)11-23-9-15-8-20(28)26(3)21(15)16-10-24-27(12-16)18-6-4-17(22)5-7-18/h4-7,10,12,15,21,23H,8-9,11H2,1-3H3/t15-,21+/m0/s1. The number of hydrogen-bond donors (Lipinski definition) is 1. The van der Waals surface area contributed by atoms with Crippen LogP contribution >= 0.6 is 11.3 Å². The van der Waals surface area contributed by atoms with Crippen molar-refractivity contribution in [3.8, 4) is 5.69 Å². The summed E-state index contributed by atoms with van der Waals surface area (Å²) >= 11 is 1.71. The Balaban J connectivity index is 1.48. The molecule has 1 aliphatic heterocycles. The van der Waals surface area contributed by atoms with Crippen molar-refractivity contribution in [3.63, 3.8) is 0 Å². The first-order valence-electron chi connectivity index (χ1n) is 9.62. The van der Waals surface area contributed by atoms with Crippen LogP contribution in [0.4, 0.5) is 4.39 Å². The minimum absolute atomic E-state index is 0.0338. The van der Waals surface area contributed by atoms with E-state index in [1.54, 1.807) is 39.2 Å². The third-order valence-corrected chi connectivity index (χ3v) is 6.49. The van der Waals surface area contributed by atoms with Gasteiger partial charge in [0, 0.05) is 49.1 Å². The van der Waals surface area contributed by atoms with Crippen molar-refractivity contribution in [2.45, 2.75) is 32.9 Å². The molecule has 2 atom stereocenters. The molecule has 0 bridgehead atoms. The largest absolute Gasteiger partial charge is 0.338 e. The Kier molecular flexibility index (Phi) is 5.47. The zero-order chi connectivity index (χ0) is 20.5. The lowest BCUT2D eigenvalue weighted by molar-refractivity contribution is -0.127. The Bertz CT molecular complexity index is 1010. The van der Waals surface area contributed by atoms with Crippen molar-refractivity contribution >= 4 is 17.2 Å². The Morgan fingerprint density at radius 1 is 1.28 bits per heavy atom. The summed E-state index contributed by atoms with van der Waals surface area (Å²) in [5.41, 5.74) is 2.84. The Hall–Kier alpha value is -2.58. The van der Waals surface area contributed by atoms with E-state index in [1.807, 2.05) is 27.1 Å². The Labute approximate surface area is 173 Å². The summed E-state index contributed by atoms with van der Waals surface area (Å²) in [7, 11) is 1.85. The summed E-state index contributed by atoms with van der Waals surface area (Å²) < 4.78 is 14.9. The van der Waals surface area contributed by atoms with Crippen LogP contribution in [0.15, 0.2) is 36.7 Å². The Morgan fingerprint density at radius 2 is 2.03 bits per heavy atom. The van der Waals surface area contributed by atoms with Crippen LogP contribution in [-0.4, -0.2) is 39.2 Å². The maximum Gasteiger partial charge on any atom is 0.223 e. The van der Waals surface area contributed by atoms with Gasteiger partial charge in [0.25, 0.3) is 0 Å². The minimum atomic E-state index is -0.278. The molecule has 0 unspecified atom stereocenters. The van der Waals surface area contributed by atoms with Crippen molar-refractivity contribution in [2.24, 2.45) is 5.92 Å². The highest BCUT2D eigenvalue weighted by atomic mass is 32.1. The number of rotatable bonds is 6. The number of likely N-dealkylation sites (tertiary alicyclic amines) is 1. The number of benzene rings is 1. The molecule has 3 heterocycles. The fourth-order valence-corrected chi connectivity index (χ4v) is 4.87. The van der Waals surface area contributed by atoms with Crippen molar-refractivity contribution in [3.05, 3.63) is 63.6 Å². The van der Waals surface area contributed by atoms with Gasteiger partial charge in [-0.05, 0) is 38.1 Å². The highest BCUT2D eigenvalue weighted by molar-refractivity contribution is 7.11. The number of nitrogens with zero attached hydrogens (tertiary/aromatic N) is 4. The van der Waals surface area contributed by atoms with Gasteiger partial charge in [0.05, 0.1) is 28.6 Å². The fraction of sp³-hybridized carbons (Fsp3) is 0.381. The van der Waals surface area contributed by atoms with E-state index in [0.717, 1.165) is 35.0 Å². The summed E-state index contributed by atoms with van der Waals surface area (Å²) in [6.07, 6.45) is 4.24. The van der Waals surface area contributed by atoms with Crippen LogP contribution in [0.5, 0.6) is 0 Å². The second-order valence-corrected chi connectivity index (χ2v) is 8.77. The molecule has 6 nitrogen and oxygen atoms in total. The molecule has 1 saturated heterocycles. The Morgan fingerprint density at radius 3 is 2.72 bits per heavy atom. The number of carbonyl (C=O) groups excluding carboxylic acids is 1. The molecular formula is C21H24FN5OS. The summed E-state index contributed by atoms with van der Waals surface area (Å²) in [6.45, 7) is 5.53. The van der Waals surface area contributed by atoms with E-state index in [1.165, 1.54) is 17.0 Å². The number of aryl methyl sites for hydroxylation is 2. The van der Waals surface area contributed by atoms with Crippen LogP contribution in [0.2, 0.25) is 0 Å². The van der Waals surface area contributed by atoms with Crippen LogP contribution in [0.25, 0.3) is 5.69 Å². The smallest absolute Gasteiger partial charge is 0.223 e. The third-order valence-electron chi connectivity index (χ3n) is 5.42. The molecule has 1 amide bonds. The predicted molar refractivity (Wildman–Crippen MR) is 110 cm³/mol. The third kappa shape index (κ3) is 4.09. The number of aromatic nitrogens is 3. The summed E-state index contributed by atoms with van der Waals surface area (Å²) in [4.78, 5) is 19.9. The van der Waals surface area contributed by atoms with Gasteiger partial charge in [0.15, 0.2) is 0 Å². The first-order chi connectivity index (χ1) is 13.9. The fourth-order valence-electron chi connectivity index (χ4n) is 3.96. The van der Waals surface area contributed by atoms with E-state index in [4.69, 9.17) is 0 Å². The molecule has 152 valence electrons. The normalized spacial score (nSPS) is 19.3. The molecule has 2 aromatic heterocycles. The lowest BCUT2D eigenvalue weighted by Gasteiger charge is -2.24. The quantitative estimate of drug-likeness (QED) is 0.673. The number of amides is 1. The van der Waals surface area contributed by atoms with E-state index >= 15 is 0 Å². The van der Waals surface area contributed by atoms with Gasteiger partial charge in [-0.15, -0.1) is 11.3 Å². The van der Waals surface area contributed by atoms with Crippen LogP contribution in [0.3, 0.4) is 0 Å². The first kappa shape index (κ1) is 19.7. The molecule has 4 rings (SSSR count). The maximum atomic E-state index is 13.2. The SMILES string of the molecule is Cc1nc(C)c(CNC[C@@H]2CC(=O)N(C)[C@H]2c2cnn(-c3ccc(F)cc3)c2)s1. The zero-order valence-corrected chi connectivity index (χ0v) is 17.5. The second kappa shape index (κ2) is 8.04. The van der Waals surface area contributed by atoms with Gasteiger partial charge in [0.2, 0.25) is 5.91 Å². The second-order valence-electron chi connectivity index (χ2n) is 7.48. The number of nitrogens with one attached hydrogen (secondary N) is 1. The number of thiazole rings is 1. The monoisotopic (exact) mass is 413 g/mol. The molecule has 1 fully saturated rings. The molecule has 29 heavy (non-hydrogen) atoms. The maximum absolute atomic E-state index is 13.2. The van der Waals surface area contributed by atoms with E-state index < -0.39 is 0 Å². The molecule has 0 aliphatic carbocycles. The highest BCUT2D eigenvalue weighted by Crippen LogP contribution is 2.36. The summed E-state index contributed by atoms with van der Waals surface area (Å²) in [5, 5.41) is 9.00. The minimum Gasteiger partial charge on any atom is -0.338 e. The van der Waals surface area contributed by atoms with Gasteiger partial charge in [-0.25, -0.2) is 14.1 Å². The predicted octanol–water partition coefficient (Wildman–Crippen LogP) is 3.39. The lowest BCUT2D eigenvalue weighted by Crippen LogP contribution is -2.28.